The molecule has 136 valence electrons. The molecule has 1 aliphatic heterocycles. The van der Waals surface area contributed by atoms with Crippen molar-refractivity contribution in [3.05, 3.63) is 78.0 Å². The van der Waals surface area contributed by atoms with Crippen LogP contribution < -0.4 is 20.1 Å². The maximum absolute atomic E-state index is 12.6. The first-order valence-corrected chi connectivity index (χ1v) is 8.73. The zero-order valence-electron chi connectivity index (χ0n) is 14.6. The Hall–Kier alpha value is -3.54. The molecule has 6 nitrogen and oxygen atoms in total. The number of rotatable bonds is 6. The highest BCUT2D eigenvalue weighted by Crippen LogP contribution is 2.35. The molecule has 0 saturated heterocycles. The molecule has 1 aliphatic rings. The lowest BCUT2D eigenvalue weighted by molar-refractivity contribution is 0.0954. The van der Waals surface area contributed by atoms with Gasteiger partial charge < -0.3 is 20.1 Å². The Labute approximate surface area is 157 Å². The molecule has 0 radical (unpaired) electrons. The molecule has 0 bridgehead atoms. The van der Waals surface area contributed by atoms with Crippen molar-refractivity contribution >= 4 is 17.4 Å². The van der Waals surface area contributed by atoms with Crippen molar-refractivity contribution in [1.29, 1.82) is 0 Å². The molecule has 2 aromatic carbocycles. The standard InChI is InChI=1S/C21H19N3O3/c25-21(23-12-10-15-5-2-1-3-6-15)17-7-4-11-22-20(17)24-16-8-9-18-19(13-16)27-14-26-18/h1-9,11,13H,10,12,14H2,(H,22,24)(H,23,25). The number of aromatic nitrogens is 1. The van der Waals surface area contributed by atoms with E-state index >= 15 is 0 Å². The van der Waals surface area contributed by atoms with Gasteiger partial charge in [0.1, 0.15) is 5.82 Å². The van der Waals surface area contributed by atoms with Gasteiger partial charge >= 0.3 is 0 Å². The number of amides is 1. The van der Waals surface area contributed by atoms with Gasteiger partial charge in [-0.3, -0.25) is 4.79 Å². The van der Waals surface area contributed by atoms with Crippen LogP contribution in [0.2, 0.25) is 0 Å². The first-order chi connectivity index (χ1) is 13.3. The average molecular weight is 361 g/mol. The summed E-state index contributed by atoms with van der Waals surface area (Å²) in [5, 5.41) is 6.14. The molecule has 2 heterocycles. The molecule has 0 spiro atoms. The van der Waals surface area contributed by atoms with Gasteiger partial charge in [-0.2, -0.15) is 0 Å². The van der Waals surface area contributed by atoms with Crippen LogP contribution in [0.1, 0.15) is 15.9 Å². The molecule has 6 heteroatoms. The van der Waals surface area contributed by atoms with Gasteiger partial charge in [-0.25, -0.2) is 4.98 Å². The number of nitrogens with one attached hydrogen (secondary N) is 2. The van der Waals surface area contributed by atoms with Gasteiger partial charge in [-0.05, 0) is 36.2 Å². The summed E-state index contributed by atoms with van der Waals surface area (Å²) in [7, 11) is 0. The zero-order valence-corrected chi connectivity index (χ0v) is 14.6. The van der Waals surface area contributed by atoms with Crippen molar-refractivity contribution in [3.8, 4) is 11.5 Å². The highest BCUT2D eigenvalue weighted by atomic mass is 16.7. The molecule has 1 aromatic heterocycles. The van der Waals surface area contributed by atoms with Gasteiger partial charge in [0.2, 0.25) is 6.79 Å². The summed E-state index contributed by atoms with van der Waals surface area (Å²) < 4.78 is 10.7. The maximum Gasteiger partial charge on any atom is 0.255 e. The Bertz CT molecular complexity index is 944. The molecule has 0 unspecified atom stereocenters. The Morgan fingerprint density at radius 3 is 2.74 bits per heavy atom. The number of hydrogen-bond donors (Lipinski definition) is 2. The van der Waals surface area contributed by atoms with Gasteiger partial charge in [0.25, 0.3) is 5.91 Å². The predicted octanol–water partition coefficient (Wildman–Crippen LogP) is 3.53. The molecular formula is C21H19N3O3. The summed E-state index contributed by atoms with van der Waals surface area (Å²) >= 11 is 0. The Kier molecular flexibility index (Phi) is 4.87. The molecule has 0 saturated carbocycles. The minimum absolute atomic E-state index is 0.165. The van der Waals surface area contributed by atoms with E-state index in [4.69, 9.17) is 9.47 Å². The second-order valence-electron chi connectivity index (χ2n) is 6.08. The molecular weight excluding hydrogens is 342 g/mol. The summed E-state index contributed by atoms with van der Waals surface area (Å²) in [6.45, 7) is 0.776. The van der Waals surface area contributed by atoms with Crippen LogP contribution in [-0.4, -0.2) is 24.2 Å². The van der Waals surface area contributed by atoms with Crippen molar-refractivity contribution in [2.45, 2.75) is 6.42 Å². The van der Waals surface area contributed by atoms with Crippen LogP contribution in [0, 0.1) is 0 Å². The van der Waals surface area contributed by atoms with Crippen LogP contribution in [0.25, 0.3) is 0 Å². The van der Waals surface area contributed by atoms with Crippen molar-refractivity contribution < 1.29 is 14.3 Å². The van der Waals surface area contributed by atoms with Gasteiger partial charge in [0.05, 0.1) is 5.56 Å². The van der Waals surface area contributed by atoms with Crippen LogP contribution in [0.15, 0.2) is 66.9 Å². The van der Waals surface area contributed by atoms with Crippen LogP contribution in [-0.2, 0) is 6.42 Å². The molecule has 4 rings (SSSR count). The fourth-order valence-electron chi connectivity index (χ4n) is 2.86. The minimum atomic E-state index is -0.165. The number of carbonyl (C=O) groups excluding carboxylic acids is 1. The second-order valence-corrected chi connectivity index (χ2v) is 6.08. The number of carbonyl (C=O) groups is 1. The largest absolute Gasteiger partial charge is 0.454 e. The fourth-order valence-corrected chi connectivity index (χ4v) is 2.86. The lowest BCUT2D eigenvalue weighted by atomic mass is 10.1. The van der Waals surface area contributed by atoms with E-state index in [0.717, 1.165) is 12.1 Å². The van der Waals surface area contributed by atoms with Gasteiger partial charge in [-0.15, -0.1) is 0 Å². The molecule has 0 atom stereocenters. The molecule has 2 N–H and O–H groups in total. The SMILES string of the molecule is O=C(NCCc1ccccc1)c1cccnc1Nc1ccc2c(c1)OCO2. The summed E-state index contributed by atoms with van der Waals surface area (Å²) in [5.74, 6) is 1.71. The molecule has 0 fully saturated rings. The van der Waals surface area contributed by atoms with E-state index in [9.17, 15) is 4.79 Å². The van der Waals surface area contributed by atoms with Crippen molar-refractivity contribution in [2.24, 2.45) is 0 Å². The molecule has 27 heavy (non-hydrogen) atoms. The topological polar surface area (TPSA) is 72.5 Å². The van der Waals surface area contributed by atoms with E-state index in [0.29, 0.717) is 29.4 Å². The highest BCUT2D eigenvalue weighted by Gasteiger charge is 2.16. The van der Waals surface area contributed by atoms with E-state index in [-0.39, 0.29) is 12.7 Å². The van der Waals surface area contributed by atoms with Crippen LogP contribution in [0.3, 0.4) is 0 Å². The second kappa shape index (κ2) is 7.78. The monoisotopic (exact) mass is 361 g/mol. The van der Waals surface area contributed by atoms with Crippen LogP contribution >= 0.6 is 0 Å². The number of benzene rings is 2. The smallest absolute Gasteiger partial charge is 0.255 e. The molecule has 1 amide bonds. The summed E-state index contributed by atoms with van der Waals surface area (Å²) in [6, 6.07) is 19.1. The first kappa shape index (κ1) is 16.9. The van der Waals surface area contributed by atoms with E-state index in [1.165, 1.54) is 5.56 Å². The number of ether oxygens (including phenoxy) is 2. The number of hydrogen-bond acceptors (Lipinski definition) is 5. The number of anilines is 2. The van der Waals surface area contributed by atoms with Crippen LogP contribution in [0.4, 0.5) is 11.5 Å². The quantitative estimate of drug-likeness (QED) is 0.703. The third-order valence-corrected chi connectivity index (χ3v) is 4.23. The van der Waals surface area contributed by atoms with Crippen LogP contribution in [0.5, 0.6) is 11.5 Å². The Balaban J connectivity index is 1.43. The Morgan fingerprint density at radius 2 is 1.85 bits per heavy atom. The summed E-state index contributed by atoms with van der Waals surface area (Å²) in [6.07, 6.45) is 2.42. The fraction of sp³-hybridized carbons (Fsp3) is 0.143. The lowest BCUT2D eigenvalue weighted by Crippen LogP contribution is -2.26. The first-order valence-electron chi connectivity index (χ1n) is 8.73. The summed E-state index contributed by atoms with van der Waals surface area (Å²) in [4.78, 5) is 16.9. The number of fused-ring (bicyclic) bond motifs is 1. The molecule has 0 aliphatic carbocycles. The van der Waals surface area contributed by atoms with Crippen molar-refractivity contribution in [1.82, 2.24) is 10.3 Å². The van der Waals surface area contributed by atoms with Crippen molar-refractivity contribution in [2.75, 3.05) is 18.7 Å². The maximum atomic E-state index is 12.6. The van der Waals surface area contributed by atoms with Gasteiger partial charge in [0.15, 0.2) is 11.5 Å². The van der Waals surface area contributed by atoms with E-state index in [1.807, 2.05) is 48.5 Å². The van der Waals surface area contributed by atoms with E-state index in [1.54, 1.807) is 18.3 Å². The zero-order chi connectivity index (χ0) is 18.5. The van der Waals surface area contributed by atoms with E-state index < -0.39 is 0 Å². The lowest BCUT2D eigenvalue weighted by Gasteiger charge is -2.11. The van der Waals surface area contributed by atoms with Gasteiger partial charge in [0, 0.05) is 24.5 Å². The summed E-state index contributed by atoms with van der Waals surface area (Å²) in [5.41, 5.74) is 2.45. The highest BCUT2D eigenvalue weighted by molar-refractivity contribution is 5.99. The molecule has 3 aromatic rings. The normalized spacial score (nSPS) is 11.9. The van der Waals surface area contributed by atoms with Crippen molar-refractivity contribution in [3.63, 3.8) is 0 Å². The Morgan fingerprint density at radius 1 is 1.00 bits per heavy atom. The predicted molar refractivity (Wildman–Crippen MR) is 103 cm³/mol. The third-order valence-electron chi connectivity index (χ3n) is 4.23. The third kappa shape index (κ3) is 4.00. The number of nitrogens with zero attached hydrogens (tertiary/aromatic N) is 1. The van der Waals surface area contributed by atoms with E-state index in [2.05, 4.69) is 15.6 Å². The number of pyridine rings is 1. The minimum Gasteiger partial charge on any atom is -0.454 e. The average Bonchev–Trinajstić information content (AvgIpc) is 3.17. The van der Waals surface area contributed by atoms with Gasteiger partial charge in [-0.1, -0.05) is 30.3 Å².